The number of phenols is 1. The fourth-order valence-corrected chi connectivity index (χ4v) is 8.38. The van der Waals surface area contributed by atoms with Crippen molar-refractivity contribution in [3.05, 3.63) is 82.7 Å². The molecule has 6 atom stereocenters. The number of fused-ring (bicyclic) bond motifs is 5. The summed E-state index contributed by atoms with van der Waals surface area (Å²) in [7, 11) is 0. The van der Waals surface area contributed by atoms with Gasteiger partial charge in [-0.2, -0.15) is 5.06 Å². The summed E-state index contributed by atoms with van der Waals surface area (Å²) in [6.07, 6.45) is 0.694. The highest BCUT2D eigenvalue weighted by molar-refractivity contribution is 6.58. The average molecular weight is 667 g/mol. The number of alkyl halides is 2. The van der Waals surface area contributed by atoms with Gasteiger partial charge < -0.3 is 5.11 Å². The molecule has 3 aromatic rings. The molecule has 2 saturated heterocycles. The lowest BCUT2D eigenvalue weighted by Crippen LogP contribution is -2.60. The lowest BCUT2D eigenvalue weighted by atomic mass is 9.56. The zero-order chi connectivity index (χ0) is 32.5. The molecule has 2 aliphatic carbocycles. The van der Waals surface area contributed by atoms with E-state index in [1.54, 1.807) is 18.2 Å². The van der Waals surface area contributed by atoms with Gasteiger partial charge in [0.05, 0.1) is 11.8 Å². The van der Waals surface area contributed by atoms with Gasteiger partial charge in [0.1, 0.15) is 11.4 Å². The number of allylic oxidation sites excluding steroid dienone is 2. The molecule has 3 fully saturated rings. The Kier molecular flexibility index (Phi) is 6.24. The number of halogens is 7. The number of carbonyl (C=O) groups excluding carboxylic acids is 4. The van der Waals surface area contributed by atoms with Crippen molar-refractivity contribution in [2.45, 2.75) is 28.5 Å². The SMILES string of the molecule is O=C1[C@H]2[C@H](CC=C3[C@H]2C[C@@]2(Cl)C(=O)N(c4c(F)c(F)c(F)c(F)c4F)C(=O)[C@@]2(Cl)[C@H]3c2ccc(O)c3ccccc23)C(=O)N1O. The van der Waals surface area contributed by atoms with E-state index < -0.39 is 98.2 Å². The van der Waals surface area contributed by atoms with Gasteiger partial charge in [-0.3, -0.25) is 24.4 Å². The van der Waals surface area contributed by atoms with Crippen molar-refractivity contribution in [3.63, 3.8) is 0 Å². The zero-order valence-electron chi connectivity index (χ0n) is 22.3. The van der Waals surface area contributed by atoms with E-state index in [0.29, 0.717) is 0 Å². The van der Waals surface area contributed by atoms with E-state index >= 15 is 8.78 Å². The van der Waals surface area contributed by atoms with Crippen LogP contribution in [0.5, 0.6) is 5.75 Å². The monoisotopic (exact) mass is 666 g/mol. The molecule has 15 heteroatoms. The van der Waals surface area contributed by atoms with E-state index in [0.717, 1.165) is 0 Å². The van der Waals surface area contributed by atoms with E-state index in [4.69, 9.17) is 23.2 Å². The minimum atomic E-state index is -2.70. The summed E-state index contributed by atoms with van der Waals surface area (Å²) in [4.78, 5) is 48.6. The molecule has 0 spiro atoms. The molecule has 0 bridgehead atoms. The van der Waals surface area contributed by atoms with Crippen molar-refractivity contribution in [2.24, 2.45) is 17.8 Å². The van der Waals surface area contributed by atoms with Gasteiger partial charge in [0.15, 0.2) is 33.0 Å². The number of phenolic OH excluding ortho intramolecular Hbond substituents is 1. The third-order valence-corrected chi connectivity index (χ3v) is 10.9. The molecule has 4 amide bonds. The van der Waals surface area contributed by atoms with Crippen LogP contribution in [0.1, 0.15) is 24.3 Å². The number of hydroxylamine groups is 2. The van der Waals surface area contributed by atoms with Crippen LogP contribution in [-0.4, -0.2) is 48.8 Å². The van der Waals surface area contributed by atoms with E-state index in [-0.39, 0.29) is 44.0 Å². The number of hydrogen-bond acceptors (Lipinski definition) is 6. The number of carbonyl (C=O) groups is 4. The summed E-state index contributed by atoms with van der Waals surface area (Å²) in [6, 6.07) is 8.86. The number of amides is 4. The van der Waals surface area contributed by atoms with Gasteiger partial charge in [-0.25, -0.2) is 26.9 Å². The molecule has 2 N–H and O–H groups in total. The van der Waals surface area contributed by atoms with Crippen LogP contribution in [0, 0.1) is 46.8 Å². The molecule has 7 rings (SSSR count). The average Bonchev–Trinajstić information content (AvgIpc) is 3.33. The molecule has 45 heavy (non-hydrogen) atoms. The Hall–Kier alpha value is -4.07. The summed E-state index contributed by atoms with van der Waals surface area (Å²) in [6.45, 7) is 0. The third-order valence-electron chi connectivity index (χ3n) is 9.44. The van der Waals surface area contributed by atoms with Gasteiger partial charge in [0.25, 0.3) is 23.6 Å². The van der Waals surface area contributed by atoms with Crippen LogP contribution in [0.3, 0.4) is 0 Å². The van der Waals surface area contributed by atoms with Crippen LogP contribution in [0.4, 0.5) is 27.6 Å². The Morgan fingerprint density at radius 1 is 0.778 bits per heavy atom. The first-order valence-corrected chi connectivity index (χ1v) is 14.2. The second-order valence-corrected chi connectivity index (χ2v) is 12.6. The Morgan fingerprint density at radius 3 is 2.02 bits per heavy atom. The number of nitrogens with zero attached hydrogens (tertiary/aromatic N) is 2. The Bertz CT molecular complexity index is 1950. The topological polar surface area (TPSA) is 115 Å². The van der Waals surface area contributed by atoms with Crippen LogP contribution in [0.25, 0.3) is 10.8 Å². The molecule has 8 nitrogen and oxygen atoms in total. The van der Waals surface area contributed by atoms with Crippen molar-refractivity contribution in [1.82, 2.24) is 5.06 Å². The molecule has 4 aliphatic rings. The number of hydrogen-bond donors (Lipinski definition) is 2. The Balaban J connectivity index is 1.53. The molecular formula is C30H17Cl2F5N2O6. The van der Waals surface area contributed by atoms with Crippen LogP contribution in [0.2, 0.25) is 0 Å². The quantitative estimate of drug-likeness (QED) is 0.0740. The summed E-state index contributed by atoms with van der Waals surface area (Å²) in [5.74, 6) is -22.8. The van der Waals surface area contributed by atoms with Gasteiger partial charge >= 0.3 is 0 Å². The minimum Gasteiger partial charge on any atom is -0.507 e. The Morgan fingerprint density at radius 2 is 1.38 bits per heavy atom. The molecule has 0 radical (unpaired) electrons. The fourth-order valence-electron chi connectivity index (χ4n) is 7.45. The molecule has 3 aromatic carbocycles. The minimum absolute atomic E-state index is 0.0523. The number of anilines is 1. The maximum atomic E-state index is 15.1. The summed E-state index contributed by atoms with van der Waals surface area (Å²) in [5.41, 5.74) is -1.50. The molecule has 1 saturated carbocycles. The highest BCUT2D eigenvalue weighted by Gasteiger charge is 2.77. The van der Waals surface area contributed by atoms with E-state index in [1.807, 2.05) is 0 Å². The number of rotatable bonds is 2. The largest absolute Gasteiger partial charge is 0.507 e. The van der Waals surface area contributed by atoms with Gasteiger partial charge in [-0.05, 0) is 35.8 Å². The molecule has 0 unspecified atom stereocenters. The summed E-state index contributed by atoms with van der Waals surface area (Å²) in [5, 5.41) is 21.2. The lowest BCUT2D eigenvalue weighted by Gasteiger charge is -2.51. The van der Waals surface area contributed by atoms with Crippen molar-refractivity contribution >= 4 is 63.3 Å². The maximum Gasteiger partial charge on any atom is 0.258 e. The highest BCUT2D eigenvalue weighted by Crippen LogP contribution is 2.66. The summed E-state index contributed by atoms with van der Waals surface area (Å²) < 4.78 is 72.8. The zero-order valence-corrected chi connectivity index (χ0v) is 23.8. The fraction of sp³-hybridized carbons (Fsp3) is 0.267. The molecular weight excluding hydrogens is 650 g/mol. The first-order chi connectivity index (χ1) is 21.2. The molecule has 2 heterocycles. The van der Waals surface area contributed by atoms with E-state index in [9.17, 15) is 42.7 Å². The van der Waals surface area contributed by atoms with Crippen molar-refractivity contribution in [1.29, 1.82) is 0 Å². The number of benzene rings is 3. The van der Waals surface area contributed by atoms with E-state index in [2.05, 4.69) is 0 Å². The molecule has 2 aliphatic heterocycles. The smallest absolute Gasteiger partial charge is 0.258 e. The van der Waals surface area contributed by atoms with Gasteiger partial charge in [-0.15, -0.1) is 23.2 Å². The molecule has 0 aromatic heterocycles. The number of aromatic hydroxyl groups is 1. The first kappa shape index (κ1) is 29.6. The van der Waals surface area contributed by atoms with E-state index in [1.165, 1.54) is 24.3 Å². The van der Waals surface area contributed by atoms with Crippen LogP contribution < -0.4 is 4.90 Å². The second kappa shape index (κ2) is 9.47. The number of imide groups is 2. The highest BCUT2D eigenvalue weighted by atomic mass is 35.5. The third kappa shape index (κ3) is 3.46. The normalized spacial score (nSPS) is 31.0. The predicted molar refractivity (Wildman–Crippen MR) is 146 cm³/mol. The second-order valence-electron chi connectivity index (χ2n) is 11.4. The first-order valence-electron chi connectivity index (χ1n) is 13.4. The van der Waals surface area contributed by atoms with Crippen LogP contribution in [-0.2, 0) is 19.2 Å². The van der Waals surface area contributed by atoms with Gasteiger partial charge in [0, 0.05) is 11.3 Å². The van der Waals surface area contributed by atoms with Crippen LogP contribution in [0.15, 0.2) is 48.0 Å². The predicted octanol–water partition coefficient (Wildman–Crippen LogP) is 5.19. The lowest BCUT2D eigenvalue weighted by molar-refractivity contribution is -0.173. The standard InChI is InChI=1S/C30H17Cl2F5N2O6/c31-29-9-15-13(5-6-14-17(15)26(42)39(45)25(14)41)18(12-7-8-16(40)11-4-2-1-3-10(11)12)30(29,32)28(44)38(27(29)43)24-22(36)20(34)19(33)21(35)23(24)37/h1-5,7-8,14-15,17-18,40,45H,6,9H2/t14-,15+,17-,18-,29+,30-/m0/s1. The van der Waals surface area contributed by atoms with Crippen molar-refractivity contribution in [2.75, 3.05) is 4.90 Å². The van der Waals surface area contributed by atoms with Gasteiger partial charge in [0.2, 0.25) is 5.82 Å². The van der Waals surface area contributed by atoms with Gasteiger partial charge in [-0.1, -0.05) is 42.0 Å². The van der Waals surface area contributed by atoms with Crippen LogP contribution >= 0.6 is 23.2 Å². The Labute approximate surface area is 259 Å². The van der Waals surface area contributed by atoms with Crippen molar-refractivity contribution in [3.8, 4) is 5.75 Å². The summed E-state index contributed by atoms with van der Waals surface area (Å²) >= 11 is 14.1. The van der Waals surface area contributed by atoms with Crippen molar-refractivity contribution < 1.29 is 51.4 Å². The molecule has 232 valence electrons. The maximum absolute atomic E-state index is 15.1.